The number of likely N-dealkylation sites (tertiary alicyclic amines) is 1. The Morgan fingerprint density at radius 2 is 1.63 bits per heavy atom. The highest BCUT2D eigenvalue weighted by Crippen LogP contribution is 2.34. The van der Waals surface area contributed by atoms with Crippen LogP contribution in [0.3, 0.4) is 0 Å². The summed E-state index contributed by atoms with van der Waals surface area (Å²) in [7, 11) is 1.41. The molecule has 1 aliphatic heterocycles. The molecule has 3 atom stereocenters. The maximum Gasteiger partial charge on any atom is 0.338 e. The molecule has 5 aromatic rings. The molecule has 0 aliphatic carbocycles. The zero-order chi connectivity index (χ0) is 42.8. The van der Waals surface area contributed by atoms with E-state index in [1.807, 2.05) is 60.7 Å². The molecule has 0 bridgehead atoms. The Labute approximate surface area is 352 Å². The number of anilines is 1. The Balaban J connectivity index is 1.14. The van der Waals surface area contributed by atoms with Crippen molar-refractivity contribution in [3.63, 3.8) is 0 Å². The number of methoxy groups -OCH3 is 1. The van der Waals surface area contributed by atoms with Crippen molar-refractivity contribution >= 4 is 41.0 Å². The molecule has 2 heterocycles. The molecule has 1 saturated heterocycles. The summed E-state index contributed by atoms with van der Waals surface area (Å²) in [5.74, 6) is -2.74. The van der Waals surface area contributed by atoms with Crippen LogP contribution in [0.2, 0.25) is 5.02 Å². The van der Waals surface area contributed by atoms with E-state index < -0.39 is 48.1 Å². The quantitative estimate of drug-likeness (QED) is 0.0993. The van der Waals surface area contributed by atoms with Gasteiger partial charge in [-0.25, -0.2) is 9.59 Å². The third kappa shape index (κ3) is 10.1. The van der Waals surface area contributed by atoms with E-state index in [9.17, 15) is 34.3 Å². The van der Waals surface area contributed by atoms with Gasteiger partial charge in [0, 0.05) is 41.0 Å². The van der Waals surface area contributed by atoms with Crippen molar-refractivity contribution in [2.45, 2.75) is 57.4 Å². The van der Waals surface area contributed by atoms with Crippen molar-refractivity contribution in [2.24, 2.45) is 0 Å². The average molecular weight is 830 g/mol. The Bertz CT molecular complexity index is 2440. The predicted molar refractivity (Wildman–Crippen MR) is 225 cm³/mol. The largest absolute Gasteiger partial charge is 0.495 e. The minimum absolute atomic E-state index is 0.00406. The summed E-state index contributed by atoms with van der Waals surface area (Å²) < 4.78 is 12.4. The number of pyridine rings is 1. The first-order chi connectivity index (χ1) is 29.0. The molecular formula is C46H44ClN5O8. The number of carbonyl (C=O) groups excluding carboxylic acids is 3. The van der Waals surface area contributed by atoms with Crippen LogP contribution in [0.4, 0.5) is 5.69 Å². The van der Waals surface area contributed by atoms with Gasteiger partial charge in [-0.3, -0.25) is 23.9 Å². The second kappa shape index (κ2) is 19.8. The zero-order valence-electron chi connectivity index (χ0n) is 33.1. The zero-order valence-corrected chi connectivity index (χ0v) is 33.9. The topological polar surface area (TPSA) is 171 Å². The van der Waals surface area contributed by atoms with Crippen LogP contribution >= 0.6 is 11.6 Å². The van der Waals surface area contributed by atoms with Crippen LogP contribution in [-0.2, 0) is 32.2 Å². The van der Waals surface area contributed by atoms with Gasteiger partial charge in [0.15, 0.2) is 6.04 Å². The fourth-order valence-corrected chi connectivity index (χ4v) is 7.54. The van der Waals surface area contributed by atoms with Crippen LogP contribution < -0.4 is 15.6 Å². The smallest absolute Gasteiger partial charge is 0.338 e. The molecule has 2 N–H and O–H groups in total. The van der Waals surface area contributed by atoms with Gasteiger partial charge in [0.05, 0.1) is 36.5 Å². The van der Waals surface area contributed by atoms with Crippen molar-refractivity contribution in [3.8, 4) is 22.9 Å². The van der Waals surface area contributed by atoms with E-state index in [0.717, 1.165) is 17.5 Å². The number of aromatic nitrogens is 1. The molecule has 13 nitrogen and oxygen atoms in total. The second-order valence-electron chi connectivity index (χ2n) is 14.3. The number of ether oxygens (including phenoxy) is 2. The van der Waals surface area contributed by atoms with E-state index in [1.54, 1.807) is 25.1 Å². The lowest BCUT2D eigenvalue weighted by atomic mass is 10.00. The molecule has 6 rings (SSSR count). The number of carbonyl (C=O) groups is 4. The first-order valence-electron chi connectivity index (χ1n) is 19.4. The Morgan fingerprint density at radius 3 is 2.27 bits per heavy atom. The van der Waals surface area contributed by atoms with Crippen LogP contribution in [0.5, 0.6) is 5.75 Å². The number of esters is 1. The van der Waals surface area contributed by atoms with Crippen LogP contribution in [0, 0.1) is 11.3 Å². The Kier molecular flexibility index (Phi) is 14.1. The number of nitriles is 1. The van der Waals surface area contributed by atoms with Gasteiger partial charge in [-0.1, -0.05) is 79.2 Å². The molecule has 308 valence electrons. The number of rotatable bonds is 16. The standard InChI is InChI=1S/C46H44ClN5O8/c1-3-38(51-28-41(59-2)37(24-42(51)53)36-23-34(47)19-16-33(36)25-48)43(54)49-35-20-17-32(18-21-35)46(58)60-29-40(45(56)57)52(27-31-13-8-5-9-14-31)44(55)39-15-10-22-50(39)26-30-11-6-4-7-12-30/h4-9,11-14,16-21,23-24,28,38-40H,3,10,15,22,26-27,29H2,1-2H3,(H,49,54)(H,56,57). The lowest BCUT2D eigenvalue weighted by Crippen LogP contribution is -2.53. The van der Waals surface area contributed by atoms with E-state index in [2.05, 4.69) is 16.3 Å². The van der Waals surface area contributed by atoms with Crippen molar-refractivity contribution in [1.82, 2.24) is 14.4 Å². The summed E-state index contributed by atoms with van der Waals surface area (Å²) in [6.07, 6.45) is 3.00. The van der Waals surface area contributed by atoms with Crippen molar-refractivity contribution in [2.75, 3.05) is 25.6 Å². The van der Waals surface area contributed by atoms with E-state index in [1.165, 1.54) is 53.1 Å². The van der Waals surface area contributed by atoms with Crippen LogP contribution in [0.15, 0.2) is 120 Å². The van der Waals surface area contributed by atoms with E-state index in [0.29, 0.717) is 46.9 Å². The lowest BCUT2D eigenvalue weighted by molar-refractivity contribution is -0.155. The number of nitrogens with one attached hydrogen (secondary N) is 1. The number of benzene rings is 4. The van der Waals surface area contributed by atoms with Gasteiger partial charge in [0.1, 0.15) is 18.4 Å². The van der Waals surface area contributed by atoms with E-state index in [4.69, 9.17) is 21.1 Å². The monoisotopic (exact) mass is 829 g/mol. The molecule has 1 fully saturated rings. The van der Waals surface area contributed by atoms with Gasteiger partial charge in [-0.2, -0.15) is 5.26 Å². The van der Waals surface area contributed by atoms with Crippen molar-refractivity contribution in [1.29, 1.82) is 5.26 Å². The fourth-order valence-electron chi connectivity index (χ4n) is 7.36. The number of hydrogen-bond acceptors (Lipinski definition) is 9. The van der Waals surface area contributed by atoms with Gasteiger partial charge < -0.3 is 24.8 Å². The van der Waals surface area contributed by atoms with Gasteiger partial charge in [-0.15, -0.1) is 0 Å². The minimum Gasteiger partial charge on any atom is -0.495 e. The first-order valence-corrected chi connectivity index (χ1v) is 19.8. The maximum atomic E-state index is 14.3. The number of carboxylic acids is 1. The van der Waals surface area contributed by atoms with Gasteiger partial charge in [0.25, 0.3) is 5.56 Å². The molecule has 1 aliphatic rings. The summed E-state index contributed by atoms with van der Waals surface area (Å²) in [6, 6.07) is 29.7. The summed E-state index contributed by atoms with van der Waals surface area (Å²) in [4.78, 5) is 70.7. The normalized spacial score (nSPS) is 14.7. The lowest BCUT2D eigenvalue weighted by Gasteiger charge is -2.34. The van der Waals surface area contributed by atoms with Crippen LogP contribution in [-0.4, -0.2) is 75.6 Å². The molecule has 60 heavy (non-hydrogen) atoms. The minimum atomic E-state index is -1.47. The molecule has 1 aromatic heterocycles. The van der Waals surface area contributed by atoms with Crippen molar-refractivity contribution in [3.05, 3.63) is 153 Å². The average Bonchev–Trinajstić information content (AvgIpc) is 3.72. The first kappa shape index (κ1) is 42.8. The third-order valence-corrected chi connectivity index (χ3v) is 10.7. The van der Waals surface area contributed by atoms with Gasteiger partial charge in [0.2, 0.25) is 11.8 Å². The molecular weight excluding hydrogens is 786 g/mol. The van der Waals surface area contributed by atoms with E-state index in [-0.39, 0.29) is 30.2 Å². The van der Waals surface area contributed by atoms with Gasteiger partial charge >= 0.3 is 11.9 Å². The van der Waals surface area contributed by atoms with Crippen molar-refractivity contribution < 1.29 is 33.8 Å². The van der Waals surface area contributed by atoms with Crippen LogP contribution in [0.1, 0.15) is 59.3 Å². The molecule has 14 heteroatoms. The summed E-state index contributed by atoms with van der Waals surface area (Å²) in [5, 5.41) is 23.2. The number of carboxylic acid groups (broad SMARTS) is 1. The molecule has 3 unspecified atom stereocenters. The number of aliphatic carboxylic acids is 1. The highest BCUT2D eigenvalue weighted by Gasteiger charge is 2.39. The summed E-state index contributed by atoms with van der Waals surface area (Å²) in [5.41, 5.74) is 2.72. The fraction of sp³-hybridized carbons (Fsp3) is 0.261. The number of nitrogens with zero attached hydrogens (tertiary/aromatic N) is 4. The second-order valence-corrected chi connectivity index (χ2v) is 14.7. The molecule has 2 amide bonds. The van der Waals surface area contributed by atoms with Crippen LogP contribution in [0.25, 0.3) is 11.1 Å². The molecule has 4 aromatic carbocycles. The maximum absolute atomic E-state index is 14.3. The number of halogens is 1. The molecule has 0 saturated carbocycles. The summed E-state index contributed by atoms with van der Waals surface area (Å²) >= 11 is 6.19. The third-order valence-electron chi connectivity index (χ3n) is 10.5. The molecule has 0 spiro atoms. The van der Waals surface area contributed by atoms with Gasteiger partial charge in [-0.05, 0) is 79.4 Å². The number of hydrogen-bond donors (Lipinski definition) is 2. The Morgan fingerprint density at radius 1 is 0.950 bits per heavy atom. The molecule has 0 radical (unpaired) electrons. The number of amides is 2. The SMILES string of the molecule is CCC(C(=O)Nc1ccc(C(=O)OCC(C(=O)O)N(Cc2ccccc2)C(=O)C2CCCN2Cc2ccccc2)cc1)n1cc(OC)c(-c2cc(Cl)ccc2C#N)cc1=O. The highest BCUT2D eigenvalue weighted by atomic mass is 35.5. The Hall–Kier alpha value is -6.75. The summed E-state index contributed by atoms with van der Waals surface area (Å²) in [6.45, 7) is 2.37. The van der Waals surface area contributed by atoms with E-state index >= 15 is 0 Å². The highest BCUT2D eigenvalue weighted by molar-refractivity contribution is 6.31. The predicted octanol–water partition coefficient (Wildman–Crippen LogP) is 6.94.